The van der Waals surface area contributed by atoms with Crippen LogP contribution in [-0.4, -0.2) is 71.0 Å². The highest BCUT2D eigenvalue weighted by Gasteiger charge is 2.21. The minimum Gasteiger partial charge on any atom is -0.444 e. The molecule has 0 spiro atoms. The van der Waals surface area contributed by atoms with Gasteiger partial charge < -0.3 is 24.8 Å². The molecule has 1 amide bonds. The molecule has 1 aromatic heterocycles. The Labute approximate surface area is 223 Å². The number of hydrogen-bond acceptors (Lipinski definition) is 4. The number of fused-ring (bicyclic) bond motifs is 2. The molecule has 0 unspecified atom stereocenters. The van der Waals surface area contributed by atoms with E-state index in [9.17, 15) is 4.79 Å². The Bertz CT molecular complexity index is 1210. The number of carbonyl (C=O) groups is 1. The molecule has 0 aliphatic carbocycles. The predicted molar refractivity (Wildman–Crippen MR) is 154 cm³/mol. The summed E-state index contributed by atoms with van der Waals surface area (Å²) in [6.45, 7) is 10.1. The zero-order valence-electron chi connectivity index (χ0n) is 24.1. The Morgan fingerprint density at radius 3 is 2.27 bits per heavy atom. The lowest BCUT2D eigenvalue weighted by Gasteiger charge is -2.29. The zero-order valence-corrected chi connectivity index (χ0v) is 24.1. The number of pyridine rings is 1. The monoisotopic (exact) mass is 509 g/mol. The molecule has 3 rings (SSSR count). The molecule has 2 aromatic carbocycles. The SMILES string of the molecule is CNCc1ccc2cc3ccc(N(C)C)cc3[n+](CCC[N+](C)(C)CCCNC(=O)OC(C)(C)C)c2c1. The second kappa shape index (κ2) is 12.1. The topological polar surface area (TPSA) is 57.5 Å². The molecule has 0 aliphatic rings. The highest BCUT2D eigenvalue weighted by Crippen LogP contribution is 2.24. The van der Waals surface area contributed by atoms with Crippen molar-refractivity contribution >= 4 is 33.6 Å². The molecule has 37 heavy (non-hydrogen) atoms. The van der Waals surface area contributed by atoms with Gasteiger partial charge in [-0.25, -0.2) is 4.79 Å². The molecule has 7 nitrogen and oxygen atoms in total. The fraction of sp³-hybridized carbons (Fsp3) is 0.533. The summed E-state index contributed by atoms with van der Waals surface area (Å²) in [4.78, 5) is 14.1. The molecular weight excluding hydrogens is 462 g/mol. The predicted octanol–water partition coefficient (Wildman–Crippen LogP) is 4.45. The molecule has 7 heteroatoms. The first-order valence-electron chi connectivity index (χ1n) is 13.4. The van der Waals surface area contributed by atoms with Crippen molar-refractivity contribution in [3.63, 3.8) is 0 Å². The van der Waals surface area contributed by atoms with Crippen LogP contribution in [0.5, 0.6) is 0 Å². The summed E-state index contributed by atoms with van der Waals surface area (Å²) in [6, 6.07) is 15.8. The molecule has 0 aliphatic heterocycles. The number of aromatic nitrogens is 1. The molecule has 0 fully saturated rings. The number of aryl methyl sites for hydroxylation is 1. The van der Waals surface area contributed by atoms with E-state index >= 15 is 0 Å². The highest BCUT2D eigenvalue weighted by atomic mass is 16.6. The van der Waals surface area contributed by atoms with Crippen LogP contribution >= 0.6 is 0 Å². The number of nitrogens with one attached hydrogen (secondary N) is 2. The van der Waals surface area contributed by atoms with Crippen molar-refractivity contribution in [2.24, 2.45) is 0 Å². The smallest absolute Gasteiger partial charge is 0.407 e. The van der Waals surface area contributed by atoms with Crippen LogP contribution in [-0.2, 0) is 17.8 Å². The normalized spacial score (nSPS) is 12.2. The number of rotatable bonds is 11. The van der Waals surface area contributed by atoms with Crippen molar-refractivity contribution in [3.05, 3.63) is 48.0 Å². The molecule has 0 atom stereocenters. The fourth-order valence-corrected chi connectivity index (χ4v) is 4.74. The quantitative estimate of drug-likeness (QED) is 0.174. The molecule has 202 valence electrons. The third kappa shape index (κ3) is 8.30. The lowest BCUT2D eigenvalue weighted by molar-refractivity contribution is -0.892. The van der Waals surface area contributed by atoms with E-state index in [4.69, 9.17) is 4.74 Å². The Morgan fingerprint density at radius 2 is 1.62 bits per heavy atom. The first kappa shape index (κ1) is 28.7. The maximum absolute atomic E-state index is 11.9. The number of carbonyl (C=O) groups excluding carboxylic acids is 1. The van der Waals surface area contributed by atoms with E-state index in [2.05, 4.69) is 90.8 Å². The number of nitrogens with zero attached hydrogens (tertiary/aromatic N) is 3. The maximum Gasteiger partial charge on any atom is 0.407 e. The van der Waals surface area contributed by atoms with Crippen LogP contribution in [0.4, 0.5) is 10.5 Å². The average Bonchev–Trinajstić information content (AvgIpc) is 2.80. The van der Waals surface area contributed by atoms with Crippen molar-refractivity contribution in [2.45, 2.75) is 52.3 Å². The Hall–Kier alpha value is -2.90. The van der Waals surface area contributed by atoms with Crippen LogP contribution in [0.25, 0.3) is 21.8 Å². The average molecular weight is 510 g/mol. The van der Waals surface area contributed by atoms with E-state index in [-0.39, 0.29) is 6.09 Å². The lowest BCUT2D eigenvalue weighted by Crippen LogP contribution is -2.45. The number of amides is 1. The molecule has 3 aromatic rings. The van der Waals surface area contributed by atoms with E-state index in [0.717, 1.165) is 43.5 Å². The van der Waals surface area contributed by atoms with Crippen LogP contribution in [0.15, 0.2) is 42.5 Å². The molecule has 1 heterocycles. The van der Waals surface area contributed by atoms with Gasteiger partial charge in [0.15, 0.2) is 6.54 Å². The fourth-order valence-electron chi connectivity index (χ4n) is 4.74. The van der Waals surface area contributed by atoms with Gasteiger partial charge in [0.2, 0.25) is 11.0 Å². The Morgan fingerprint density at radius 1 is 0.973 bits per heavy atom. The second-order valence-electron chi connectivity index (χ2n) is 11.9. The number of quaternary nitrogens is 1. The van der Waals surface area contributed by atoms with E-state index in [1.807, 2.05) is 27.8 Å². The van der Waals surface area contributed by atoms with E-state index in [1.165, 1.54) is 33.1 Å². The van der Waals surface area contributed by atoms with Gasteiger partial charge in [0.05, 0.1) is 33.6 Å². The molecular formula is C30H47N5O2+2. The van der Waals surface area contributed by atoms with Gasteiger partial charge >= 0.3 is 6.09 Å². The van der Waals surface area contributed by atoms with Gasteiger partial charge in [0, 0.05) is 62.2 Å². The van der Waals surface area contributed by atoms with E-state index < -0.39 is 5.60 Å². The number of ether oxygens (including phenoxy) is 1. The van der Waals surface area contributed by atoms with Crippen molar-refractivity contribution in [1.82, 2.24) is 10.6 Å². The summed E-state index contributed by atoms with van der Waals surface area (Å²) in [6.07, 6.45) is 1.64. The number of alkyl carbamates (subject to hydrolysis) is 1. The van der Waals surface area contributed by atoms with Gasteiger partial charge in [-0.3, -0.25) is 0 Å². The van der Waals surface area contributed by atoms with Gasteiger partial charge in [0.1, 0.15) is 5.60 Å². The molecule has 0 saturated carbocycles. The van der Waals surface area contributed by atoms with Crippen LogP contribution < -0.4 is 20.1 Å². The second-order valence-corrected chi connectivity index (χ2v) is 11.9. The van der Waals surface area contributed by atoms with Gasteiger partial charge in [-0.15, -0.1) is 0 Å². The first-order chi connectivity index (χ1) is 17.4. The molecule has 0 radical (unpaired) electrons. The largest absolute Gasteiger partial charge is 0.444 e. The van der Waals surface area contributed by atoms with Crippen molar-refractivity contribution in [3.8, 4) is 0 Å². The summed E-state index contributed by atoms with van der Waals surface area (Å²) < 4.78 is 8.75. The van der Waals surface area contributed by atoms with Crippen molar-refractivity contribution < 1.29 is 18.6 Å². The maximum atomic E-state index is 11.9. The third-order valence-electron chi connectivity index (χ3n) is 6.65. The first-order valence-corrected chi connectivity index (χ1v) is 13.4. The van der Waals surface area contributed by atoms with E-state index in [0.29, 0.717) is 6.54 Å². The summed E-state index contributed by atoms with van der Waals surface area (Å²) in [7, 11) is 10.7. The lowest BCUT2D eigenvalue weighted by atomic mass is 10.1. The summed E-state index contributed by atoms with van der Waals surface area (Å²) in [5, 5.41) is 8.70. The summed E-state index contributed by atoms with van der Waals surface area (Å²) in [5.41, 5.74) is 4.58. The third-order valence-corrected chi connectivity index (χ3v) is 6.65. The van der Waals surface area contributed by atoms with E-state index in [1.54, 1.807) is 0 Å². The standard InChI is InChI=1S/C30H46N5O2/c1-30(2,3)37-29(36)32-15-9-17-35(7,8)18-10-16-34-27-19-23(22-31-4)11-12-24(27)20-25-13-14-26(33(5)6)21-28(25)34/h11-14,19-21,31H,9-10,15-18,22H2,1-8H3/q+1/p+1. The van der Waals surface area contributed by atoms with Crippen LogP contribution in [0.1, 0.15) is 39.2 Å². The number of anilines is 1. The van der Waals surface area contributed by atoms with Crippen LogP contribution in [0, 0.1) is 0 Å². The van der Waals surface area contributed by atoms with Gasteiger partial charge in [-0.2, -0.15) is 4.57 Å². The highest BCUT2D eigenvalue weighted by molar-refractivity contribution is 5.90. The van der Waals surface area contributed by atoms with Crippen molar-refractivity contribution in [2.75, 3.05) is 59.8 Å². The van der Waals surface area contributed by atoms with Gasteiger partial charge in [-0.05, 0) is 57.6 Å². The summed E-state index contributed by atoms with van der Waals surface area (Å²) in [5.74, 6) is 0. The van der Waals surface area contributed by atoms with Crippen molar-refractivity contribution in [1.29, 1.82) is 0 Å². The summed E-state index contributed by atoms with van der Waals surface area (Å²) >= 11 is 0. The number of benzene rings is 2. The molecule has 0 saturated heterocycles. The number of hydrogen-bond donors (Lipinski definition) is 2. The Balaban J connectivity index is 1.73. The molecule has 0 bridgehead atoms. The van der Waals surface area contributed by atoms with Gasteiger partial charge in [-0.1, -0.05) is 6.07 Å². The minimum atomic E-state index is -0.468. The minimum absolute atomic E-state index is 0.341. The van der Waals surface area contributed by atoms with Gasteiger partial charge in [0.25, 0.3) is 0 Å². The molecule has 2 N–H and O–H groups in total. The zero-order chi connectivity index (χ0) is 27.2. The van der Waals surface area contributed by atoms with Crippen LogP contribution in [0.3, 0.4) is 0 Å². The van der Waals surface area contributed by atoms with Crippen LogP contribution in [0.2, 0.25) is 0 Å². The Kier molecular flexibility index (Phi) is 9.37.